The molecule has 1 atom stereocenters. The minimum Gasteiger partial charge on any atom is -0.481 e. The van der Waals surface area contributed by atoms with Crippen LogP contribution in [0, 0.1) is 5.92 Å². The fourth-order valence-electron chi connectivity index (χ4n) is 2.86. The van der Waals surface area contributed by atoms with Crippen LogP contribution in [0.3, 0.4) is 0 Å². The van der Waals surface area contributed by atoms with Crippen molar-refractivity contribution in [1.82, 2.24) is 10.2 Å². The first-order valence-electron chi connectivity index (χ1n) is 9.28. The highest BCUT2D eigenvalue weighted by Gasteiger charge is 2.19. The van der Waals surface area contributed by atoms with Gasteiger partial charge in [0.2, 0.25) is 11.8 Å². The van der Waals surface area contributed by atoms with E-state index in [0.717, 1.165) is 11.1 Å². The molecule has 0 aromatic heterocycles. The Bertz CT molecular complexity index is 712. The maximum Gasteiger partial charge on any atom is 0.308 e. The maximum absolute atomic E-state index is 12.2. The predicted molar refractivity (Wildman–Crippen MR) is 106 cm³/mol. The standard InChI is InChI=1S/C22H26N2O4/c1-17(25)24(16-19-10-6-3-7-11-19)13-12-21(26)23-15-20(22(27)28)14-18-8-4-2-5-9-18/h2-11,20H,12-16H2,1H3,(H,23,26)(H,27,28). The van der Waals surface area contributed by atoms with Crippen LogP contribution < -0.4 is 5.32 Å². The monoisotopic (exact) mass is 382 g/mol. The second-order valence-electron chi connectivity index (χ2n) is 6.71. The number of carbonyl (C=O) groups excluding carboxylic acids is 2. The second kappa shape index (κ2) is 10.9. The van der Waals surface area contributed by atoms with Gasteiger partial charge >= 0.3 is 5.97 Å². The van der Waals surface area contributed by atoms with E-state index >= 15 is 0 Å². The molecule has 0 aliphatic rings. The van der Waals surface area contributed by atoms with Crippen molar-refractivity contribution < 1.29 is 19.5 Å². The third kappa shape index (κ3) is 7.23. The van der Waals surface area contributed by atoms with Gasteiger partial charge in [-0.15, -0.1) is 0 Å². The normalized spacial score (nSPS) is 11.5. The van der Waals surface area contributed by atoms with Crippen molar-refractivity contribution in [3.63, 3.8) is 0 Å². The van der Waals surface area contributed by atoms with Gasteiger partial charge in [-0.05, 0) is 17.5 Å². The Morgan fingerprint density at radius 2 is 1.54 bits per heavy atom. The lowest BCUT2D eigenvalue weighted by Gasteiger charge is -2.21. The van der Waals surface area contributed by atoms with E-state index in [-0.39, 0.29) is 31.3 Å². The molecule has 0 saturated heterocycles. The molecule has 0 heterocycles. The molecule has 1 unspecified atom stereocenters. The van der Waals surface area contributed by atoms with E-state index < -0.39 is 11.9 Å². The van der Waals surface area contributed by atoms with E-state index in [9.17, 15) is 19.5 Å². The molecule has 6 nitrogen and oxygen atoms in total. The Kier molecular flexibility index (Phi) is 8.21. The summed E-state index contributed by atoms with van der Waals surface area (Å²) in [7, 11) is 0. The SMILES string of the molecule is CC(=O)N(CCC(=O)NCC(Cc1ccccc1)C(=O)O)Cc1ccccc1. The Hall–Kier alpha value is -3.15. The number of hydrogen-bond donors (Lipinski definition) is 2. The quantitative estimate of drug-likeness (QED) is 0.661. The summed E-state index contributed by atoms with van der Waals surface area (Å²) < 4.78 is 0. The van der Waals surface area contributed by atoms with Gasteiger partial charge in [-0.25, -0.2) is 0 Å². The zero-order chi connectivity index (χ0) is 20.4. The van der Waals surface area contributed by atoms with Gasteiger partial charge in [0.1, 0.15) is 0 Å². The van der Waals surface area contributed by atoms with Crippen molar-refractivity contribution in [1.29, 1.82) is 0 Å². The second-order valence-corrected chi connectivity index (χ2v) is 6.71. The minimum atomic E-state index is -0.946. The number of carbonyl (C=O) groups is 3. The van der Waals surface area contributed by atoms with Crippen LogP contribution >= 0.6 is 0 Å². The molecule has 2 amide bonds. The molecular weight excluding hydrogens is 356 g/mol. The van der Waals surface area contributed by atoms with Gasteiger partial charge in [0.05, 0.1) is 5.92 Å². The van der Waals surface area contributed by atoms with Crippen LogP contribution in [0.4, 0.5) is 0 Å². The Labute approximate surface area is 165 Å². The molecule has 2 aromatic carbocycles. The summed E-state index contributed by atoms with van der Waals surface area (Å²) >= 11 is 0. The van der Waals surface area contributed by atoms with Gasteiger partial charge in [-0.2, -0.15) is 0 Å². The van der Waals surface area contributed by atoms with Crippen molar-refractivity contribution >= 4 is 17.8 Å². The van der Waals surface area contributed by atoms with E-state index in [1.165, 1.54) is 6.92 Å². The molecule has 0 fully saturated rings. The van der Waals surface area contributed by atoms with Gasteiger partial charge in [-0.3, -0.25) is 14.4 Å². The number of nitrogens with one attached hydrogen (secondary N) is 1. The van der Waals surface area contributed by atoms with Crippen LogP contribution in [0.1, 0.15) is 24.5 Å². The first kappa shape index (κ1) is 21.2. The Morgan fingerprint density at radius 1 is 0.964 bits per heavy atom. The smallest absolute Gasteiger partial charge is 0.308 e. The number of amides is 2. The summed E-state index contributed by atoms with van der Waals surface area (Å²) in [6, 6.07) is 18.9. The van der Waals surface area contributed by atoms with E-state index in [4.69, 9.17) is 0 Å². The predicted octanol–water partition coefficient (Wildman–Crippen LogP) is 2.48. The van der Waals surface area contributed by atoms with Crippen LogP contribution in [-0.2, 0) is 27.3 Å². The van der Waals surface area contributed by atoms with Crippen LogP contribution in [0.2, 0.25) is 0 Å². The Balaban J connectivity index is 1.82. The van der Waals surface area contributed by atoms with E-state index in [2.05, 4.69) is 5.32 Å². The number of nitrogens with zero attached hydrogens (tertiary/aromatic N) is 1. The fraction of sp³-hybridized carbons (Fsp3) is 0.318. The number of benzene rings is 2. The van der Waals surface area contributed by atoms with E-state index in [0.29, 0.717) is 13.0 Å². The third-order valence-electron chi connectivity index (χ3n) is 4.49. The minimum absolute atomic E-state index is 0.0574. The van der Waals surface area contributed by atoms with Gasteiger partial charge < -0.3 is 15.3 Å². The summed E-state index contributed by atoms with van der Waals surface area (Å²) in [6.45, 7) is 2.25. The molecule has 2 rings (SSSR count). The van der Waals surface area contributed by atoms with Crippen molar-refractivity contribution in [3.8, 4) is 0 Å². The lowest BCUT2D eigenvalue weighted by atomic mass is 9.99. The molecule has 0 saturated carbocycles. The summed E-state index contributed by atoms with van der Waals surface area (Å²) in [5.41, 5.74) is 1.90. The van der Waals surface area contributed by atoms with E-state index in [1.807, 2.05) is 60.7 Å². The molecule has 2 aromatic rings. The van der Waals surface area contributed by atoms with Crippen LogP contribution in [0.25, 0.3) is 0 Å². The van der Waals surface area contributed by atoms with Gasteiger partial charge in [-0.1, -0.05) is 60.7 Å². The molecule has 6 heteroatoms. The van der Waals surface area contributed by atoms with Crippen LogP contribution in [0.5, 0.6) is 0 Å². The topological polar surface area (TPSA) is 86.7 Å². The molecule has 0 radical (unpaired) electrons. The molecule has 0 aliphatic carbocycles. The fourth-order valence-corrected chi connectivity index (χ4v) is 2.86. The molecular formula is C22H26N2O4. The highest BCUT2D eigenvalue weighted by atomic mass is 16.4. The largest absolute Gasteiger partial charge is 0.481 e. The molecule has 0 bridgehead atoms. The number of aliphatic carboxylic acids is 1. The van der Waals surface area contributed by atoms with Crippen molar-refractivity contribution in [2.24, 2.45) is 5.92 Å². The van der Waals surface area contributed by atoms with Gasteiger partial charge in [0.25, 0.3) is 0 Å². The molecule has 148 valence electrons. The molecule has 28 heavy (non-hydrogen) atoms. The molecule has 2 N–H and O–H groups in total. The van der Waals surface area contributed by atoms with Gasteiger partial charge in [0, 0.05) is 33.0 Å². The molecule has 0 aliphatic heterocycles. The lowest BCUT2D eigenvalue weighted by Crippen LogP contribution is -2.37. The first-order chi connectivity index (χ1) is 13.5. The van der Waals surface area contributed by atoms with Crippen molar-refractivity contribution in [2.75, 3.05) is 13.1 Å². The average Bonchev–Trinajstić information content (AvgIpc) is 2.69. The lowest BCUT2D eigenvalue weighted by molar-refractivity contribution is -0.141. The highest BCUT2D eigenvalue weighted by molar-refractivity contribution is 5.79. The van der Waals surface area contributed by atoms with E-state index in [1.54, 1.807) is 4.90 Å². The summed E-state index contributed by atoms with van der Waals surface area (Å²) in [5.74, 6) is -2.01. The Morgan fingerprint density at radius 3 is 2.07 bits per heavy atom. The van der Waals surface area contributed by atoms with Crippen LogP contribution in [-0.4, -0.2) is 40.9 Å². The number of carboxylic acids is 1. The zero-order valence-electron chi connectivity index (χ0n) is 16.0. The number of rotatable bonds is 10. The number of carboxylic acid groups (broad SMARTS) is 1. The van der Waals surface area contributed by atoms with Crippen molar-refractivity contribution in [2.45, 2.75) is 26.3 Å². The summed E-state index contributed by atoms with van der Waals surface area (Å²) in [4.78, 5) is 37.1. The summed E-state index contributed by atoms with van der Waals surface area (Å²) in [5, 5.41) is 12.1. The summed E-state index contributed by atoms with van der Waals surface area (Å²) in [6.07, 6.45) is 0.480. The zero-order valence-corrected chi connectivity index (χ0v) is 16.0. The van der Waals surface area contributed by atoms with Gasteiger partial charge in [0.15, 0.2) is 0 Å². The van der Waals surface area contributed by atoms with Crippen molar-refractivity contribution in [3.05, 3.63) is 71.8 Å². The average molecular weight is 382 g/mol. The molecule has 0 spiro atoms. The highest BCUT2D eigenvalue weighted by Crippen LogP contribution is 2.09. The first-order valence-corrected chi connectivity index (χ1v) is 9.28. The number of hydrogen-bond acceptors (Lipinski definition) is 3. The maximum atomic E-state index is 12.2. The van der Waals surface area contributed by atoms with Crippen LogP contribution in [0.15, 0.2) is 60.7 Å². The third-order valence-corrected chi connectivity index (χ3v) is 4.49.